The van der Waals surface area contributed by atoms with Crippen molar-refractivity contribution in [3.63, 3.8) is 0 Å². The van der Waals surface area contributed by atoms with Crippen molar-refractivity contribution in [2.24, 2.45) is 0 Å². The Morgan fingerprint density at radius 2 is 2.12 bits per heavy atom. The molecule has 128 valence electrons. The molecule has 2 N–H and O–H groups in total. The van der Waals surface area contributed by atoms with Crippen LogP contribution in [0.15, 0.2) is 36.5 Å². The Bertz CT molecular complexity index is 963. The van der Waals surface area contributed by atoms with Crippen LogP contribution < -0.4 is 10.6 Å². The largest absolute Gasteiger partial charge is 0.322 e. The lowest BCUT2D eigenvalue weighted by molar-refractivity contribution is 0.102. The van der Waals surface area contributed by atoms with Gasteiger partial charge in [0.2, 0.25) is 0 Å². The summed E-state index contributed by atoms with van der Waals surface area (Å²) in [5.41, 5.74) is 4.59. The molecule has 1 aromatic heterocycles. The zero-order valence-electron chi connectivity index (χ0n) is 14.0. The second-order valence-corrected chi connectivity index (χ2v) is 6.76. The van der Waals surface area contributed by atoms with Crippen LogP contribution in [0, 0.1) is 0 Å². The Morgan fingerprint density at radius 3 is 2.96 bits per heavy atom. The molecule has 1 amide bonds. The standard InChI is InChI=1S/C19H19ClN4O/c1-2-5-24-11-17-16(7-14(20)8-18(17)23-24)19(25)22-15-4-3-12-9-21-10-13(12)6-15/h3-4,6-8,11,21H,2,5,9-10H2,1H3,(H,22,25). The molecule has 1 aliphatic heterocycles. The van der Waals surface area contributed by atoms with Crippen LogP contribution >= 0.6 is 11.6 Å². The van der Waals surface area contributed by atoms with Gasteiger partial charge in [-0.1, -0.05) is 24.6 Å². The number of hydrogen-bond acceptors (Lipinski definition) is 3. The minimum atomic E-state index is -0.172. The molecule has 3 aromatic rings. The Kier molecular flexibility index (Phi) is 4.19. The summed E-state index contributed by atoms with van der Waals surface area (Å²) < 4.78 is 1.86. The summed E-state index contributed by atoms with van der Waals surface area (Å²) in [5, 5.41) is 12.1. The van der Waals surface area contributed by atoms with Crippen LogP contribution in [0.4, 0.5) is 5.69 Å². The van der Waals surface area contributed by atoms with Crippen LogP contribution in [0.3, 0.4) is 0 Å². The van der Waals surface area contributed by atoms with E-state index in [-0.39, 0.29) is 5.91 Å². The summed E-state index contributed by atoms with van der Waals surface area (Å²) in [6.45, 7) is 4.63. The maximum absolute atomic E-state index is 12.8. The first-order chi connectivity index (χ1) is 12.1. The van der Waals surface area contributed by atoms with Crippen molar-refractivity contribution in [1.29, 1.82) is 0 Å². The van der Waals surface area contributed by atoms with Gasteiger partial charge in [-0.3, -0.25) is 9.48 Å². The highest BCUT2D eigenvalue weighted by Crippen LogP contribution is 2.25. The van der Waals surface area contributed by atoms with Crippen LogP contribution in [-0.2, 0) is 19.6 Å². The van der Waals surface area contributed by atoms with E-state index < -0.39 is 0 Å². The fourth-order valence-electron chi connectivity index (χ4n) is 3.24. The molecule has 4 rings (SSSR count). The number of nitrogens with zero attached hydrogens (tertiary/aromatic N) is 2. The van der Waals surface area contributed by atoms with Gasteiger partial charge >= 0.3 is 0 Å². The second kappa shape index (κ2) is 6.50. The highest BCUT2D eigenvalue weighted by atomic mass is 35.5. The molecule has 0 fully saturated rings. The third-order valence-electron chi connectivity index (χ3n) is 4.43. The lowest BCUT2D eigenvalue weighted by Gasteiger charge is -2.08. The fraction of sp³-hybridized carbons (Fsp3) is 0.263. The molecule has 1 aliphatic rings. The monoisotopic (exact) mass is 354 g/mol. The fourth-order valence-corrected chi connectivity index (χ4v) is 3.45. The summed E-state index contributed by atoms with van der Waals surface area (Å²) in [6.07, 6.45) is 2.89. The van der Waals surface area contributed by atoms with Crippen LogP contribution in [-0.4, -0.2) is 15.7 Å². The van der Waals surface area contributed by atoms with E-state index in [2.05, 4.69) is 28.7 Å². The molecule has 2 heterocycles. The summed E-state index contributed by atoms with van der Waals surface area (Å²) in [5.74, 6) is -0.172. The van der Waals surface area contributed by atoms with Crippen LogP contribution in [0.5, 0.6) is 0 Å². The van der Waals surface area contributed by atoms with Gasteiger partial charge in [0.1, 0.15) is 0 Å². The van der Waals surface area contributed by atoms with Crippen LogP contribution in [0.2, 0.25) is 5.02 Å². The van der Waals surface area contributed by atoms with Crippen molar-refractivity contribution in [2.45, 2.75) is 33.0 Å². The number of fused-ring (bicyclic) bond motifs is 2. The van der Waals surface area contributed by atoms with E-state index in [0.29, 0.717) is 10.6 Å². The Balaban J connectivity index is 1.67. The van der Waals surface area contributed by atoms with E-state index in [4.69, 9.17) is 11.6 Å². The van der Waals surface area contributed by atoms with Gasteiger partial charge in [0.05, 0.1) is 11.1 Å². The summed E-state index contributed by atoms with van der Waals surface area (Å²) in [4.78, 5) is 12.8. The van der Waals surface area contributed by atoms with Gasteiger partial charge in [0.25, 0.3) is 5.91 Å². The molecular formula is C19H19ClN4O. The van der Waals surface area contributed by atoms with Crippen molar-refractivity contribution < 1.29 is 4.79 Å². The van der Waals surface area contributed by atoms with Gasteiger partial charge < -0.3 is 10.6 Å². The SMILES string of the molecule is CCCn1cc2c(C(=O)Nc3ccc4c(c3)CNC4)cc(Cl)cc2n1. The van der Waals surface area contributed by atoms with Crippen LogP contribution in [0.25, 0.3) is 10.9 Å². The first-order valence-corrected chi connectivity index (χ1v) is 8.82. The number of benzene rings is 2. The van der Waals surface area contributed by atoms with E-state index in [1.54, 1.807) is 12.1 Å². The quantitative estimate of drug-likeness (QED) is 0.745. The van der Waals surface area contributed by atoms with Crippen molar-refractivity contribution in [3.8, 4) is 0 Å². The Labute approximate surface area is 151 Å². The minimum absolute atomic E-state index is 0.172. The van der Waals surface area contributed by atoms with Gasteiger partial charge in [0.15, 0.2) is 0 Å². The number of carbonyl (C=O) groups excluding carboxylic acids is 1. The van der Waals surface area contributed by atoms with Crippen molar-refractivity contribution in [1.82, 2.24) is 15.1 Å². The predicted molar refractivity (Wildman–Crippen MR) is 100.0 cm³/mol. The number of aromatic nitrogens is 2. The highest BCUT2D eigenvalue weighted by molar-refractivity contribution is 6.32. The zero-order valence-corrected chi connectivity index (χ0v) is 14.7. The lowest BCUT2D eigenvalue weighted by Crippen LogP contribution is -2.12. The molecule has 25 heavy (non-hydrogen) atoms. The molecule has 0 unspecified atom stereocenters. The van der Waals surface area contributed by atoms with E-state index in [0.717, 1.165) is 42.6 Å². The average Bonchev–Trinajstić information content (AvgIpc) is 3.19. The highest BCUT2D eigenvalue weighted by Gasteiger charge is 2.16. The molecule has 0 aliphatic carbocycles. The van der Waals surface area contributed by atoms with Gasteiger partial charge in [0, 0.05) is 41.9 Å². The number of nitrogens with one attached hydrogen (secondary N) is 2. The first-order valence-electron chi connectivity index (χ1n) is 8.44. The molecule has 0 radical (unpaired) electrons. The normalized spacial score (nSPS) is 13.2. The number of carbonyl (C=O) groups is 1. The summed E-state index contributed by atoms with van der Waals surface area (Å²) >= 11 is 6.20. The molecule has 0 saturated carbocycles. The topological polar surface area (TPSA) is 59.0 Å². The number of hydrogen-bond donors (Lipinski definition) is 2. The minimum Gasteiger partial charge on any atom is -0.322 e. The molecule has 0 saturated heterocycles. The number of halogens is 1. The summed E-state index contributed by atoms with van der Waals surface area (Å²) in [7, 11) is 0. The van der Waals surface area contributed by atoms with Gasteiger partial charge in [-0.2, -0.15) is 5.10 Å². The molecule has 0 atom stereocenters. The third-order valence-corrected chi connectivity index (χ3v) is 4.65. The van der Waals surface area contributed by atoms with E-state index in [1.807, 2.05) is 23.0 Å². The van der Waals surface area contributed by atoms with E-state index in [1.165, 1.54) is 11.1 Å². The first kappa shape index (κ1) is 16.1. The maximum Gasteiger partial charge on any atom is 0.256 e. The number of aryl methyl sites for hydroxylation is 1. The van der Waals surface area contributed by atoms with E-state index in [9.17, 15) is 4.79 Å². The van der Waals surface area contributed by atoms with Gasteiger partial charge in [-0.25, -0.2) is 0 Å². The lowest BCUT2D eigenvalue weighted by atomic mass is 10.1. The molecule has 5 nitrogen and oxygen atoms in total. The van der Waals surface area contributed by atoms with Crippen molar-refractivity contribution in [3.05, 3.63) is 58.2 Å². The molecule has 2 aromatic carbocycles. The van der Waals surface area contributed by atoms with Crippen molar-refractivity contribution in [2.75, 3.05) is 5.32 Å². The third kappa shape index (κ3) is 3.13. The Morgan fingerprint density at radius 1 is 1.28 bits per heavy atom. The number of anilines is 1. The van der Waals surface area contributed by atoms with Crippen LogP contribution in [0.1, 0.15) is 34.8 Å². The van der Waals surface area contributed by atoms with Crippen molar-refractivity contribution >= 4 is 34.1 Å². The molecular weight excluding hydrogens is 336 g/mol. The van der Waals surface area contributed by atoms with E-state index >= 15 is 0 Å². The number of rotatable bonds is 4. The van der Waals surface area contributed by atoms with Gasteiger partial charge in [-0.15, -0.1) is 0 Å². The second-order valence-electron chi connectivity index (χ2n) is 6.32. The number of amides is 1. The molecule has 0 spiro atoms. The predicted octanol–water partition coefficient (Wildman–Crippen LogP) is 3.96. The van der Waals surface area contributed by atoms with Gasteiger partial charge in [-0.05, 0) is 41.8 Å². The average molecular weight is 355 g/mol. The maximum atomic E-state index is 12.8. The zero-order chi connectivity index (χ0) is 17.4. The summed E-state index contributed by atoms with van der Waals surface area (Å²) in [6, 6.07) is 9.51. The Hall–Kier alpha value is -2.37. The molecule has 6 heteroatoms. The molecule has 0 bridgehead atoms. The smallest absolute Gasteiger partial charge is 0.256 e.